The van der Waals surface area contributed by atoms with E-state index in [1.165, 1.54) is 0 Å². The number of alkyl halides is 1. The van der Waals surface area contributed by atoms with Gasteiger partial charge in [-0.3, -0.25) is 14.8 Å². The van der Waals surface area contributed by atoms with Gasteiger partial charge in [0.2, 0.25) is 0 Å². The number of urea groups is 1. The fraction of sp³-hybridized carbons (Fsp3) is 0.655. The highest BCUT2D eigenvalue weighted by Gasteiger charge is 2.54. The third-order valence-corrected chi connectivity index (χ3v) is 8.96. The van der Waals surface area contributed by atoms with Crippen LogP contribution in [0.3, 0.4) is 0 Å². The van der Waals surface area contributed by atoms with Crippen LogP contribution in [0.1, 0.15) is 60.3 Å². The topological polar surface area (TPSA) is 104 Å². The lowest BCUT2D eigenvalue weighted by atomic mass is 9.72. The zero-order chi connectivity index (χ0) is 28.4. The van der Waals surface area contributed by atoms with Crippen molar-refractivity contribution in [2.24, 2.45) is 11.3 Å². The molecule has 1 aliphatic carbocycles. The number of rotatable bonds is 6. The standard InChI is InChI=1S/C29H41FN8O2/c1-27(2,3)18-7-10-37(29(12-18)8-9-29)26(39)33-22-14-32-34-24(22)21-11-23-20(13-31-21)25(36-15-19(16-36)40-6)35-38(23)17-28(4,5)30/h11,13-14,18-19H,7-10,12,15-17H2,1-6H3,(H,32,34)(H,33,39). The Hall–Kier alpha value is -3.21. The quantitative estimate of drug-likeness (QED) is 0.434. The number of hydrogen-bond donors (Lipinski definition) is 2. The lowest BCUT2D eigenvalue weighted by molar-refractivity contribution is 0.0740. The number of aromatic nitrogens is 5. The van der Waals surface area contributed by atoms with E-state index < -0.39 is 5.67 Å². The molecule has 0 aromatic carbocycles. The van der Waals surface area contributed by atoms with E-state index in [1.807, 2.05) is 11.0 Å². The maximum absolute atomic E-state index is 14.8. The molecular formula is C29H41FN8O2. The Bertz CT molecular complexity index is 1410. The van der Waals surface area contributed by atoms with E-state index in [4.69, 9.17) is 14.8 Å². The molecule has 1 saturated carbocycles. The van der Waals surface area contributed by atoms with Gasteiger partial charge in [0.1, 0.15) is 11.4 Å². The number of nitrogens with one attached hydrogen (secondary N) is 2. The summed E-state index contributed by atoms with van der Waals surface area (Å²) in [4.78, 5) is 22.4. The number of carbonyl (C=O) groups excluding carboxylic acids is 1. The van der Waals surface area contributed by atoms with Crippen molar-refractivity contribution < 1.29 is 13.9 Å². The van der Waals surface area contributed by atoms with Crippen LogP contribution in [0.4, 0.5) is 20.7 Å². The van der Waals surface area contributed by atoms with Crippen molar-refractivity contribution in [3.05, 3.63) is 18.5 Å². The van der Waals surface area contributed by atoms with Crippen molar-refractivity contribution in [3.8, 4) is 11.4 Å². The Morgan fingerprint density at radius 2 is 1.98 bits per heavy atom. The number of fused-ring (bicyclic) bond motifs is 1. The second-order valence-electron chi connectivity index (χ2n) is 13.6. The summed E-state index contributed by atoms with van der Waals surface area (Å²) in [5.74, 6) is 1.39. The van der Waals surface area contributed by atoms with Crippen LogP contribution in [0.5, 0.6) is 0 Å². The van der Waals surface area contributed by atoms with Crippen LogP contribution >= 0.6 is 0 Å². The lowest BCUT2D eigenvalue weighted by Crippen LogP contribution is -2.52. The summed E-state index contributed by atoms with van der Waals surface area (Å²) in [5.41, 5.74) is 1.34. The van der Waals surface area contributed by atoms with Crippen LogP contribution in [-0.2, 0) is 11.3 Å². The molecule has 1 atom stereocenters. The van der Waals surface area contributed by atoms with Crippen molar-refractivity contribution in [1.29, 1.82) is 0 Å². The van der Waals surface area contributed by atoms with Crippen molar-refractivity contribution in [1.82, 2.24) is 29.9 Å². The van der Waals surface area contributed by atoms with E-state index in [0.717, 1.165) is 62.0 Å². The number of likely N-dealkylation sites (tertiary alicyclic amines) is 1. The Morgan fingerprint density at radius 3 is 2.62 bits per heavy atom. The highest BCUT2D eigenvalue weighted by molar-refractivity contribution is 5.96. The molecule has 0 bridgehead atoms. The van der Waals surface area contributed by atoms with Gasteiger partial charge in [0.05, 0.1) is 41.1 Å². The Kier molecular flexibility index (Phi) is 6.36. The minimum atomic E-state index is -1.45. The van der Waals surface area contributed by atoms with Crippen molar-refractivity contribution in [2.45, 2.75) is 84.2 Å². The monoisotopic (exact) mass is 552 g/mol. The largest absolute Gasteiger partial charge is 0.378 e. The molecule has 216 valence electrons. The number of methoxy groups -OCH3 is 1. The fourth-order valence-corrected chi connectivity index (χ4v) is 6.29. The van der Waals surface area contributed by atoms with Crippen LogP contribution in [-0.4, -0.2) is 79.9 Å². The molecule has 2 saturated heterocycles. The minimum absolute atomic E-state index is 0.0257. The second-order valence-corrected chi connectivity index (χ2v) is 13.6. The number of piperidine rings is 1. The molecule has 2 aliphatic heterocycles. The number of halogens is 1. The van der Waals surface area contributed by atoms with Crippen LogP contribution in [0.15, 0.2) is 18.5 Å². The van der Waals surface area contributed by atoms with Crippen LogP contribution < -0.4 is 10.2 Å². The van der Waals surface area contributed by atoms with Gasteiger partial charge in [-0.25, -0.2) is 9.18 Å². The fourth-order valence-electron chi connectivity index (χ4n) is 6.29. The predicted molar refractivity (Wildman–Crippen MR) is 153 cm³/mol. The zero-order valence-electron chi connectivity index (χ0n) is 24.4. The van der Waals surface area contributed by atoms with Gasteiger partial charge in [0.25, 0.3) is 0 Å². The zero-order valence-corrected chi connectivity index (χ0v) is 24.4. The van der Waals surface area contributed by atoms with Crippen LogP contribution in [0.2, 0.25) is 0 Å². The lowest BCUT2D eigenvalue weighted by Gasteiger charge is -2.44. The summed E-state index contributed by atoms with van der Waals surface area (Å²) in [6.45, 7) is 12.3. The molecular weight excluding hydrogens is 511 g/mol. The normalized spacial score (nSPS) is 21.2. The van der Waals surface area contributed by atoms with Crippen LogP contribution in [0.25, 0.3) is 22.3 Å². The average molecular weight is 553 g/mol. The van der Waals surface area contributed by atoms with Gasteiger partial charge in [-0.15, -0.1) is 0 Å². The third-order valence-electron chi connectivity index (χ3n) is 8.96. The highest BCUT2D eigenvalue weighted by Crippen LogP contribution is 2.53. The number of aromatic amines is 1. The van der Waals surface area contributed by atoms with Gasteiger partial charge in [-0.1, -0.05) is 20.8 Å². The van der Waals surface area contributed by atoms with Gasteiger partial charge in [0, 0.05) is 38.5 Å². The van der Waals surface area contributed by atoms with Crippen molar-refractivity contribution in [3.63, 3.8) is 0 Å². The molecule has 11 heteroatoms. The van der Waals surface area contributed by atoms with E-state index in [9.17, 15) is 9.18 Å². The number of H-pyrrole nitrogens is 1. The first-order chi connectivity index (χ1) is 18.9. The van der Waals surface area contributed by atoms with Crippen LogP contribution in [0, 0.1) is 11.3 Å². The Labute approximate surface area is 234 Å². The molecule has 1 spiro atoms. The summed E-state index contributed by atoms with van der Waals surface area (Å²) < 4.78 is 21.9. The van der Waals surface area contributed by atoms with Gasteiger partial charge >= 0.3 is 6.03 Å². The summed E-state index contributed by atoms with van der Waals surface area (Å²) in [6.07, 6.45) is 7.74. The van der Waals surface area contributed by atoms with E-state index in [1.54, 1.807) is 38.0 Å². The van der Waals surface area contributed by atoms with E-state index in [0.29, 0.717) is 23.0 Å². The molecule has 5 heterocycles. The van der Waals surface area contributed by atoms with E-state index >= 15 is 0 Å². The van der Waals surface area contributed by atoms with Gasteiger partial charge in [-0.2, -0.15) is 10.2 Å². The molecule has 1 unspecified atom stereocenters. The average Bonchev–Trinajstić information content (AvgIpc) is 3.30. The summed E-state index contributed by atoms with van der Waals surface area (Å²) in [7, 11) is 1.71. The number of pyridine rings is 1. The number of anilines is 2. The molecule has 2 amide bonds. The number of nitrogens with zero attached hydrogens (tertiary/aromatic N) is 6. The maximum atomic E-state index is 14.8. The first-order valence-corrected chi connectivity index (χ1v) is 14.3. The third kappa shape index (κ3) is 4.93. The van der Waals surface area contributed by atoms with E-state index in [2.05, 4.69) is 41.2 Å². The minimum Gasteiger partial charge on any atom is -0.378 e. The van der Waals surface area contributed by atoms with Crippen molar-refractivity contribution >= 4 is 28.4 Å². The molecule has 3 aliphatic rings. The Balaban J connectivity index is 1.26. The summed E-state index contributed by atoms with van der Waals surface area (Å²) in [5, 5.41) is 16.0. The van der Waals surface area contributed by atoms with E-state index in [-0.39, 0.29) is 29.6 Å². The van der Waals surface area contributed by atoms with Crippen molar-refractivity contribution in [2.75, 3.05) is 37.0 Å². The SMILES string of the molecule is COC1CN(c2nn(CC(C)(C)F)c3cc(-c4[nH]ncc4NC(=O)N4CCC(C(C)(C)C)CC45CC5)ncc23)C1. The summed E-state index contributed by atoms with van der Waals surface area (Å²) >= 11 is 0. The Morgan fingerprint density at radius 1 is 1.23 bits per heavy atom. The molecule has 0 radical (unpaired) electrons. The highest BCUT2D eigenvalue weighted by atomic mass is 19.1. The molecule has 10 nitrogen and oxygen atoms in total. The molecule has 2 N–H and O–H groups in total. The number of hydrogen-bond acceptors (Lipinski definition) is 6. The maximum Gasteiger partial charge on any atom is 0.322 e. The number of amides is 2. The first-order valence-electron chi connectivity index (χ1n) is 14.3. The molecule has 3 fully saturated rings. The predicted octanol–water partition coefficient (Wildman–Crippen LogP) is 5.23. The van der Waals surface area contributed by atoms with Gasteiger partial charge in [0.15, 0.2) is 5.82 Å². The smallest absolute Gasteiger partial charge is 0.322 e. The summed E-state index contributed by atoms with van der Waals surface area (Å²) in [6, 6.07) is 1.80. The second kappa shape index (κ2) is 9.43. The van der Waals surface area contributed by atoms with Gasteiger partial charge < -0.3 is 19.9 Å². The number of carbonyl (C=O) groups is 1. The molecule has 6 rings (SSSR count). The number of ether oxygens (including phenoxy) is 1. The molecule has 40 heavy (non-hydrogen) atoms. The van der Waals surface area contributed by atoms with Gasteiger partial charge in [-0.05, 0) is 56.9 Å². The molecule has 3 aromatic rings. The first kappa shape index (κ1) is 27.0. The molecule has 3 aromatic heterocycles.